The van der Waals surface area contributed by atoms with Gasteiger partial charge in [0.25, 0.3) is 0 Å². The summed E-state index contributed by atoms with van der Waals surface area (Å²) >= 11 is 6.23. The number of halogens is 1. The van der Waals surface area contributed by atoms with Crippen molar-refractivity contribution < 1.29 is 14.3 Å². The van der Waals surface area contributed by atoms with E-state index in [2.05, 4.69) is 9.97 Å². The third-order valence-corrected chi connectivity index (χ3v) is 4.68. The number of H-pyrrole nitrogens is 1. The van der Waals surface area contributed by atoms with Crippen molar-refractivity contribution in [3.63, 3.8) is 0 Å². The molecule has 1 aromatic carbocycles. The van der Waals surface area contributed by atoms with Gasteiger partial charge in [0.05, 0.1) is 5.52 Å². The van der Waals surface area contributed by atoms with Gasteiger partial charge in [0.1, 0.15) is 17.5 Å². The standard InChI is InChI=1S/C20H19ClN2O3/c1-10-5-6-14-8-15(19(21)23-16(14)7-10)9-26-20(25)18-11(2)17(13(4)24)12(3)22-18/h5-8,22H,9H2,1-4H3. The maximum Gasteiger partial charge on any atom is 0.355 e. The second-order valence-electron chi connectivity index (χ2n) is 6.39. The molecule has 3 aromatic rings. The first kappa shape index (κ1) is 18.1. The van der Waals surface area contributed by atoms with Gasteiger partial charge in [-0.1, -0.05) is 23.7 Å². The number of Topliss-reactive ketones (excluding diaryl/α,β-unsaturated/α-hetero) is 1. The molecule has 0 saturated carbocycles. The SMILES string of the molecule is CC(=O)c1c(C)[nH]c(C(=O)OCc2cc3ccc(C)cc3nc2Cl)c1C. The predicted molar refractivity (Wildman–Crippen MR) is 101 cm³/mol. The maximum absolute atomic E-state index is 12.4. The lowest BCUT2D eigenvalue weighted by atomic mass is 10.1. The van der Waals surface area contributed by atoms with Crippen LogP contribution in [0.25, 0.3) is 10.9 Å². The number of rotatable bonds is 4. The Hall–Kier alpha value is -2.66. The number of ketones is 1. The largest absolute Gasteiger partial charge is 0.456 e. The normalized spacial score (nSPS) is 11.0. The summed E-state index contributed by atoms with van der Waals surface area (Å²) in [5.41, 5.74) is 4.59. The number of nitrogens with one attached hydrogen (secondary N) is 1. The molecular weight excluding hydrogens is 352 g/mol. The summed E-state index contributed by atoms with van der Waals surface area (Å²) in [6.45, 7) is 6.94. The molecule has 3 rings (SSSR count). The summed E-state index contributed by atoms with van der Waals surface area (Å²) < 4.78 is 5.39. The number of nitrogens with zero attached hydrogens (tertiary/aromatic N) is 1. The molecule has 134 valence electrons. The van der Waals surface area contributed by atoms with Crippen LogP contribution in [0.15, 0.2) is 24.3 Å². The molecule has 2 aromatic heterocycles. The fraction of sp³-hybridized carbons (Fsp3) is 0.250. The molecule has 0 aliphatic rings. The number of fused-ring (bicyclic) bond motifs is 1. The first-order valence-corrected chi connectivity index (χ1v) is 8.58. The predicted octanol–water partition coefficient (Wildman–Crippen LogP) is 4.70. The molecule has 0 amide bonds. The van der Waals surface area contributed by atoms with Crippen LogP contribution in [0.4, 0.5) is 0 Å². The second-order valence-corrected chi connectivity index (χ2v) is 6.75. The third kappa shape index (κ3) is 3.35. The zero-order valence-electron chi connectivity index (χ0n) is 15.1. The zero-order valence-corrected chi connectivity index (χ0v) is 15.8. The Balaban J connectivity index is 1.83. The highest BCUT2D eigenvalue weighted by molar-refractivity contribution is 6.30. The summed E-state index contributed by atoms with van der Waals surface area (Å²) in [6.07, 6.45) is 0. The topological polar surface area (TPSA) is 72.0 Å². The van der Waals surface area contributed by atoms with E-state index in [4.69, 9.17) is 16.3 Å². The first-order valence-electron chi connectivity index (χ1n) is 8.21. The van der Waals surface area contributed by atoms with E-state index < -0.39 is 5.97 Å². The van der Waals surface area contributed by atoms with Crippen molar-refractivity contribution >= 4 is 34.3 Å². The molecular formula is C20H19ClN2O3. The van der Waals surface area contributed by atoms with Crippen LogP contribution in [0.3, 0.4) is 0 Å². The van der Waals surface area contributed by atoms with E-state index >= 15 is 0 Å². The molecule has 5 nitrogen and oxygen atoms in total. The minimum Gasteiger partial charge on any atom is -0.456 e. The van der Waals surface area contributed by atoms with Crippen molar-refractivity contribution in [2.75, 3.05) is 0 Å². The Bertz CT molecular complexity index is 1040. The Labute approximate surface area is 156 Å². The number of esters is 1. The Morgan fingerprint density at radius 1 is 1.19 bits per heavy atom. The lowest BCUT2D eigenvalue weighted by molar-refractivity contribution is 0.0465. The maximum atomic E-state index is 12.4. The molecule has 0 saturated heterocycles. The van der Waals surface area contributed by atoms with E-state index in [-0.39, 0.29) is 18.1 Å². The van der Waals surface area contributed by atoms with E-state index in [1.54, 1.807) is 13.8 Å². The number of aryl methyl sites for hydroxylation is 2. The number of pyridine rings is 1. The number of hydrogen-bond acceptors (Lipinski definition) is 4. The average Bonchev–Trinajstić information content (AvgIpc) is 2.87. The van der Waals surface area contributed by atoms with Gasteiger partial charge in [-0.3, -0.25) is 4.79 Å². The van der Waals surface area contributed by atoms with Crippen LogP contribution < -0.4 is 0 Å². The molecule has 2 heterocycles. The summed E-state index contributed by atoms with van der Waals surface area (Å²) in [6, 6.07) is 7.76. The average molecular weight is 371 g/mol. The highest BCUT2D eigenvalue weighted by atomic mass is 35.5. The first-order chi connectivity index (χ1) is 12.3. The fourth-order valence-corrected chi connectivity index (χ4v) is 3.30. The summed E-state index contributed by atoms with van der Waals surface area (Å²) in [7, 11) is 0. The molecule has 0 unspecified atom stereocenters. The lowest BCUT2D eigenvalue weighted by Gasteiger charge is -2.08. The second kappa shape index (κ2) is 6.92. The highest BCUT2D eigenvalue weighted by Gasteiger charge is 2.21. The molecule has 6 heteroatoms. The molecule has 0 aliphatic carbocycles. The Morgan fingerprint density at radius 2 is 1.92 bits per heavy atom. The number of aromatic amines is 1. The minimum absolute atomic E-state index is 0.00138. The summed E-state index contributed by atoms with van der Waals surface area (Å²) in [5, 5.41) is 1.23. The fourth-order valence-electron chi connectivity index (χ4n) is 3.10. The molecule has 0 aliphatic heterocycles. The van der Waals surface area contributed by atoms with E-state index in [0.717, 1.165) is 16.5 Å². The number of carbonyl (C=O) groups excluding carboxylic acids is 2. The van der Waals surface area contributed by atoms with Crippen LogP contribution in [0.1, 0.15) is 50.2 Å². The van der Waals surface area contributed by atoms with E-state index in [1.165, 1.54) is 6.92 Å². The van der Waals surface area contributed by atoms with Gasteiger partial charge in [-0.25, -0.2) is 9.78 Å². The van der Waals surface area contributed by atoms with Crippen LogP contribution >= 0.6 is 11.6 Å². The lowest BCUT2D eigenvalue weighted by Crippen LogP contribution is -2.08. The van der Waals surface area contributed by atoms with Gasteiger partial charge >= 0.3 is 5.97 Å². The quantitative estimate of drug-likeness (QED) is 0.410. The Kier molecular flexibility index (Phi) is 4.83. The van der Waals surface area contributed by atoms with Crippen LogP contribution in [-0.4, -0.2) is 21.7 Å². The number of aromatic nitrogens is 2. The van der Waals surface area contributed by atoms with Crippen molar-refractivity contribution in [3.8, 4) is 0 Å². The van der Waals surface area contributed by atoms with Crippen LogP contribution in [0.2, 0.25) is 5.15 Å². The zero-order chi connectivity index (χ0) is 19.0. The number of benzene rings is 1. The minimum atomic E-state index is -0.529. The Morgan fingerprint density at radius 3 is 2.58 bits per heavy atom. The van der Waals surface area contributed by atoms with Crippen LogP contribution in [0.5, 0.6) is 0 Å². The monoisotopic (exact) mass is 370 g/mol. The van der Waals surface area contributed by atoms with E-state index in [0.29, 0.717) is 27.5 Å². The molecule has 0 fully saturated rings. The molecule has 0 bridgehead atoms. The summed E-state index contributed by atoms with van der Waals surface area (Å²) in [4.78, 5) is 31.4. The van der Waals surface area contributed by atoms with Gasteiger partial charge in [-0.2, -0.15) is 0 Å². The number of carbonyl (C=O) groups is 2. The van der Waals surface area contributed by atoms with Crippen molar-refractivity contribution in [1.82, 2.24) is 9.97 Å². The van der Waals surface area contributed by atoms with Crippen LogP contribution in [-0.2, 0) is 11.3 Å². The van der Waals surface area contributed by atoms with Gasteiger partial charge in [-0.05, 0) is 51.0 Å². The van der Waals surface area contributed by atoms with Gasteiger partial charge in [0.2, 0.25) is 0 Å². The molecule has 0 radical (unpaired) electrons. The molecule has 0 spiro atoms. The highest BCUT2D eigenvalue weighted by Crippen LogP contribution is 2.24. The van der Waals surface area contributed by atoms with E-state index in [1.807, 2.05) is 31.2 Å². The van der Waals surface area contributed by atoms with E-state index in [9.17, 15) is 9.59 Å². The third-order valence-electron chi connectivity index (χ3n) is 4.35. The number of hydrogen-bond donors (Lipinski definition) is 1. The molecule has 0 atom stereocenters. The molecule has 26 heavy (non-hydrogen) atoms. The van der Waals surface area contributed by atoms with Crippen molar-refractivity contribution in [1.29, 1.82) is 0 Å². The number of ether oxygens (including phenoxy) is 1. The van der Waals surface area contributed by atoms with Crippen molar-refractivity contribution in [2.45, 2.75) is 34.3 Å². The van der Waals surface area contributed by atoms with Gasteiger partial charge in [0, 0.05) is 22.2 Å². The van der Waals surface area contributed by atoms with Gasteiger partial charge < -0.3 is 9.72 Å². The van der Waals surface area contributed by atoms with Crippen LogP contribution in [0, 0.1) is 20.8 Å². The smallest absolute Gasteiger partial charge is 0.355 e. The van der Waals surface area contributed by atoms with Crippen molar-refractivity contribution in [2.24, 2.45) is 0 Å². The van der Waals surface area contributed by atoms with Gasteiger partial charge in [0.15, 0.2) is 5.78 Å². The summed E-state index contributed by atoms with van der Waals surface area (Å²) in [5.74, 6) is -0.620. The molecule has 1 N–H and O–H groups in total. The van der Waals surface area contributed by atoms with Gasteiger partial charge in [-0.15, -0.1) is 0 Å². The van der Waals surface area contributed by atoms with Crippen molar-refractivity contribution in [3.05, 3.63) is 63.1 Å².